The van der Waals surface area contributed by atoms with Crippen LogP contribution in [0, 0.1) is 6.92 Å². The monoisotopic (exact) mass is 242 g/mol. The average molecular weight is 242 g/mol. The Morgan fingerprint density at radius 1 is 1.22 bits per heavy atom. The van der Waals surface area contributed by atoms with E-state index in [4.69, 9.17) is 5.11 Å². The van der Waals surface area contributed by atoms with Crippen LogP contribution in [0.3, 0.4) is 0 Å². The molecular formula is C14H14N2O2. The Bertz CT molecular complexity index is 550. The first-order valence-corrected chi connectivity index (χ1v) is 5.65. The van der Waals surface area contributed by atoms with Gasteiger partial charge >= 0.3 is 0 Å². The number of carbonyl (C=O) groups excluding carboxylic acids is 1. The van der Waals surface area contributed by atoms with Crippen LogP contribution in [0.1, 0.15) is 11.3 Å². The summed E-state index contributed by atoms with van der Waals surface area (Å²) < 4.78 is 0. The highest BCUT2D eigenvalue weighted by atomic mass is 16.3. The van der Waals surface area contributed by atoms with Gasteiger partial charge in [-0.2, -0.15) is 0 Å². The third kappa shape index (κ3) is 3.31. The maximum atomic E-state index is 11.8. The van der Waals surface area contributed by atoms with E-state index < -0.39 is 0 Å². The smallest absolute Gasteiger partial charge is 0.229 e. The Hall–Kier alpha value is -2.36. The van der Waals surface area contributed by atoms with Crippen molar-refractivity contribution in [3.63, 3.8) is 0 Å². The van der Waals surface area contributed by atoms with E-state index in [0.717, 1.165) is 11.3 Å². The molecule has 4 heteroatoms. The maximum absolute atomic E-state index is 11.8. The molecule has 2 rings (SSSR count). The topological polar surface area (TPSA) is 62.2 Å². The van der Waals surface area contributed by atoms with Crippen LogP contribution in [-0.4, -0.2) is 16.0 Å². The molecule has 2 N–H and O–H groups in total. The molecule has 92 valence electrons. The molecule has 18 heavy (non-hydrogen) atoms. The molecule has 1 aromatic heterocycles. The first-order valence-electron chi connectivity index (χ1n) is 5.65. The molecule has 4 nitrogen and oxygen atoms in total. The van der Waals surface area contributed by atoms with Gasteiger partial charge in [-0.3, -0.25) is 4.79 Å². The Morgan fingerprint density at radius 2 is 1.94 bits per heavy atom. The van der Waals surface area contributed by atoms with Crippen LogP contribution in [-0.2, 0) is 11.2 Å². The van der Waals surface area contributed by atoms with E-state index in [0.29, 0.717) is 5.82 Å². The molecule has 0 fully saturated rings. The minimum absolute atomic E-state index is 0.126. The van der Waals surface area contributed by atoms with Crippen molar-refractivity contribution in [2.45, 2.75) is 13.3 Å². The van der Waals surface area contributed by atoms with Crippen LogP contribution in [0.25, 0.3) is 0 Å². The van der Waals surface area contributed by atoms with Gasteiger partial charge in [0.1, 0.15) is 11.6 Å². The first-order chi connectivity index (χ1) is 8.63. The molecule has 0 aliphatic heterocycles. The average Bonchev–Trinajstić information content (AvgIpc) is 2.32. The van der Waals surface area contributed by atoms with E-state index >= 15 is 0 Å². The van der Waals surface area contributed by atoms with E-state index in [1.54, 1.807) is 30.3 Å². The summed E-state index contributed by atoms with van der Waals surface area (Å²) in [6, 6.07) is 12.0. The SMILES string of the molecule is Cc1cccc(NC(=O)Cc2ccc(O)cc2)n1. The van der Waals surface area contributed by atoms with Gasteiger partial charge in [-0.1, -0.05) is 18.2 Å². The summed E-state index contributed by atoms with van der Waals surface area (Å²) in [4.78, 5) is 16.0. The molecule has 0 radical (unpaired) electrons. The molecular weight excluding hydrogens is 228 g/mol. The molecule has 0 aliphatic rings. The third-order valence-electron chi connectivity index (χ3n) is 2.46. The number of nitrogens with one attached hydrogen (secondary N) is 1. The first kappa shape index (κ1) is 12.1. The number of aryl methyl sites for hydroxylation is 1. The fourth-order valence-corrected chi connectivity index (χ4v) is 1.60. The highest BCUT2D eigenvalue weighted by Gasteiger charge is 2.05. The van der Waals surface area contributed by atoms with Gasteiger partial charge in [0.25, 0.3) is 0 Å². The van der Waals surface area contributed by atoms with Crippen LogP contribution in [0.5, 0.6) is 5.75 Å². The van der Waals surface area contributed by atoms with Crippen LogP contribution in [0.15, 0.2) is 42.5 Å². The van der Waals surface area contributed by atoms with Crippen molar-refractivity contribution in [3.05, 3.63) is 53.7 Å². The van der Waals surface area contributed by atoms with E-state index in [9.17, 15) is 4.79 Å². The van der Waals surface area contributed by atoms with E-state index in [2.05, 4.69) is 10.3 Å². The molecule has 0 spiro atoms. The van der Waals surface area contributed by atoms with Crippen molar-refractivity contribution in [2.75, 3.05) is 5.32 Å². The molecule has 0 saturated heterocycles. The van der Waals surface area contributed by atoms with Gasteiger partial charge in [-0.15, -0.1) is 0 Å². The van der Waals surface area contributed by atoms with Gasteiger partial charge in [-0.05, 0) is 36.8 Å². The standard InChI is InChI=1S/C14H14N2O2/c1-10-3-2-4-13(15-10)16-14(18)9-11-5-7-12(17)8-6-11/h2-8,17H,9H2,1H3,(H,15,16,18). The summed E-state index contributed by atoms with van der Waals surface area (Å²) in [5.74, 6) is 0.622. The van der Waals surface area contributed by atoms with Crippen molar-refractivity contribution >= 4 is 11.7 Å². The number of nitrogens with zero attached hydrogens (tertiary/aromatic N) is 1. The number of anilines is 1. The van der Waals surface area contributed by atoms with E-state index in [-0.39, 0.29) is 18.1 Å². The van der Waals surface area contributed by atoms with Crippen LogP contribution >= 0.6 is 0 Å². The van der Waals surface area contributed by atoms with Crippen LogP contribution < -0.4 is 5.32 Å². The zero-order valence-electron chi connectivity index (χ0n) is 10.1. The fourth-order valence-electron chi connectivity index (χ4n) is 1.60. The number of phenolic OH excluding ortho intramolecular Hbond substituents is 1. The second kappa shape index (κ2) is 5.31. The van der Waals surface area contributed by atoms with Gasteiger partial charge in [0.15, 0.2) is 0 Å². The Balaban J connectivity index is 1.98. The zero-order valence-corrected chi connectivity index (χ0v) is 10.1. The Labute approximate surface area is 105 Å². The lowest BCUT2D eigenvalue weighted by Crippen LogP contribution is -2.15. The highest BCUT2D eigenvalue weighted by Crippen LogP contribution is 2.11. The highest BCUT2D eigenvalue weighted by molar-refractivity contribution is 5.91. The van der Waals surface area contributed by atoms with Crippen LogP contribution in [0.4, 0.5) is 5.82 Å². The predicted molar refractivity (Wildman–Crippen MR) is 69.4 cm³/mol. The number of benzene rings is 1. The summed E-state index contributed by atoms with van der Waals surface area (Å²) in [6.07, 6.45) is 0.260. The van der Waals surface area contributed by atoms with Gasteiger partial charge in [0.05, 0.1) is 6.42 Å². The molecule has 0 atom stereocenters. The second-order valence-electron chi connectivity index (χ2n) is 4.06. The minimum Gasteiger partial charge on any atom is -0.508 e. The lowest BCUT2D eigenvalue weighted by atomic mass is 10.1. The van der Waals surface area contributed by atoms with E-state index in [1.807, 2.05) is 19.1 Å². The van der Waals surface area contributed by atoms with Crippen molar-refractivity contribution in [3.8, 4) is 5.75 Å². The van der Waals surface area contributed by atoms with Gasteiger partial charge in [0, 0.05) is 5.69 Å². The third-order valence-corrected chi connectivity index (χ3v) is 2.46. The van der Waals surface area contributed by atoms with Crippen molar-refractivity contribution in [1.29, 1.82) is 0 Å². The Morgan fingerprint density at radius 3 is 2.61 bits per heavy atom. The number of phenols is 1. The number of pyridine rings is 1. The molecule has 0 aliphatic carbocycles. The molecule has 1 aromatic carbocycles. The molecule has 1 heterocycles. The van der Waals surface area contributed by atoms with Gasteiger partial charge in [0.2, 0.25) is 5.91 Å². The normalized spacial score (nSPS) is 10.1. The van der Waals surface area contributed by atoms with E-state index in [1.165, 1.54) is 0 Å². The number of amides is 1. The van der Waals surface area contributed by atoms with Crippen molar-refractivity contribution in [1.82, 2.24) is 4.98 Å². The quantitative estimate of drug-likeness (QED) is 0.868. The molecule has 0 saturated carbocycles. The lowest BCUT2D eigenvalue weighted by molar-refractivity contribution is -0.115. The Kier molecular flexibility index (Phi) is 3.57. The number of aromatic hydroxyl groups is 1. The summed E-state index contributed by atoms with van der Waals surface area (Å²) in [7, 11) is 0. The molecule has 0 unspecified atom stereocenters. The molecule has 1 amide bonds. The van der Waals surface area contributed by atoms with Crippen molar-refractivity contribution in [2.24, 2.45) is 0 Å². The number of aromatic nitrogens is 1. The second-order valence-corrected chi connectivity index (χ2v) is 4.06. The number of carbonyl (C=O) groups is 1. The van der Waals surface area contributed by atoms with Crippen molar-refractivity contribution < 1.29 is 9.90 Å². The molecule has 0 bridgehead atoms. The number of rotatable bonds is 3. The summed E-state index contributed by atoms with van der Waals surface area (Å²) in [6.45, 7) is 1.87. The summed E-state index contributed by atoms with van der Waals surface area (Å²) in [5.41, 5.74) is 1.70. The minimum atomic E-state index is -0.126. The molecule has 2 aromatic rings. The number of hydrogen-bond acceptors (Lipinski definition) is 3. The predicted octanol–water partition coefficient (Wildman–Crippen LogP) is 2.28. The van der Waals surface area contributed by atoms with Crippen LogP contribution in [0.2, 0.25) is 0 Å². The fraction of sp³-hybridized carbons (Fsp3) is 0.143. The zero-order chi connectivity index (χ0) is 13.0. The lowest BCUT2D eigenvalue weighted by Gasteiger charge is -2.05. The maximum Gasteiger partial charge on any atom is 0.229 e. The summed E-state index contributed by atoms with van der Waals surface area (Å²) >= 11 is 0. The largest absolute Gasteiger partial charge is 0.508 e. The number of hydrogen-bond donors (Lipinski definition) is 2. The summed E-state index contributed by atoms with van der Waals surface area (Å²) in [5, 5.41) is 11.9. The van der Waals surface area contributed by atoms with Gasteiger partial charge < -0.3 is 10.4 Å². The van der Waals surface area contributed by atoms with Gasteiger partial charge in [-0.25, -0.2) is 4.98 Å².